The van der Waals surface area contributed by atoms with E-state index in [1.165, 1.54) is 36.8 Å². The van der Waals surface area contributed by atoms with Crippen LogP contribution in [-0.4, -0.2) is 11.0 Å². The van der Waals surface area contributed by atoms with Gasteiger partial charge in [0.1, 0.15) is 0 Å². The Morgan fingerprint density at radius 2 is 2.25 bits per heavy atom. The summed E-state index contributed by atoms with van der Waals surface area (Å²) in [5, 5.41) is 4.75. The minimum absolute atomic E-state index is 0.563. The lowest BCUT2D eigenvalue weighted by Crippen LogP contribution is -2.27. The van der Waals surface area contributed by atoms with Gasteiger partial charge in [-0.2, -0.15) is 0 Å². The molecule has 2 unspecified atom stereocenters. The number of rotatable bonds is 3. The lowest BCUT2D eigenvalue weighted by molar-refractivity contribution is 0.327. The van der Waals surface area contributed by atoms with Crippen LogP contribution in [0.1, 0.15) is 44.0 Å². The van der Waals surface area contributed by atoms with E-state index in [4.69, 9.17) is 5.73 Å². The van der Waals surface area contributed by atoms with Crippen molar-refractivity contribution in [2.75, 3.05) is 11.1 Å². The van der Waals surface area contributed by atoms with Crippen LogP contribution in [0.25, 0.3) is 10.2 Å². The molecule has 0 amide bonds. The summed E-state index contributed by atoms with van der Waals surface area (Å²) in [6.45, 7) is 4.34. The Hall–Kier alpha value is -1.29. The Balaban J connectivity index is 1.81. The van der Waals surface area contributed by atoms with Gasteiger partial charge in [0, 0.05) is 6.04 Å². The Morgan fingerprint density at radius 3 is 3.05 bits per heavy atom. The van der Waals surface area contributed by atoms with Gasteiger partial charge in [0.2, 0.25) is 0 Å². The third-order valence-corrected chi connectivity index (χ3v) is 5.32. The van der Waals surface area contributed by atoms with Crippen molar-refractivity contribution in [3.05, 3.63) is 17.1 Å². The second kappa shape index (κ2) is 5.60. The molecular formula is C16H23N3S. The van der Waals surface area contributed by atoms with Crippen LogP contribution in [0, 0.1) is 12.8 Å². The first-order chi connectivity index (χ1) is 9.65. The van der Waals surface area contributed by atoms with E-state index < -0.39 is 0 Å². The maximum absolute atomic E-state index is 6.20. The third kappa shape index (κ3) is 2.75. The molecule has 3 N–H and O–H groups in total. The van der Waals surface area contributed by atoms with E-state index in [1.807, 2.05) is 6.92 Å². The van der Waals surface area contributed by atoms with Crippen molar-refractivity contribution in [2.24, 2.45) is 5.92 Å². The van der Waals surface area contributed by atoms with Crippen LogP contribution in [0.5, 0.6) is 0 Å². The van der Waals surface area contributed by atoms with Crippen LogP contribution in [0.2, 0.25) is 0 Å². The fraction of sp³-hybridized carbons (Fsp3) is 0.562. The van der Waals surface area contributed by atoms with Crippen molar-refractivity contribution in [1.29, 1.82) is 0 Å². The van der Waals surface area contributed by atoms with Gasteiger partial charge < -0.3 is 11.1 Å². The highest BCUT2D eigenvalue weighted by atomic mass is 32.1. The predicted molar refractivity (Wildman–Crippen MR) is 88.4 cm³/mol. The van der Waals surface area contributed by atoms with Crippen LogP contribution in [0.15, 0.2) is 12.1 Å². The molecule has 1 aromatic heterocycles. The Bertz CT molecular complexity index is 605. The van der Waals surface area contributed by atoms with Gasteiger partial charge in [-0.15, -0.1) is 11.3 Å². The van der Waals surface area contributed by atoms with E-state index in [1.54, 1.807) is 11.3 Å². The average molecular weight is 289 g/mol. The summed E-state index contributed by atoms with van der Waals surface area (Å²) in [7, 11) is 0. The minimum Gasteiger partial charge on any atom is -0.397 e. The van der Waals surface area contributed by atoms with Crippen molar-refractivity contribution in [1.82, 2.24) is 4.98 Å². The van der Waals surface area contributed by atoms with Crippen LogP contribution < -0.4 is 11.1 Å². The predicted octanol–water partition coefficient (Wildman–Crippen LogP) is 4.57. The monoisotopic (exact) mass is 289 g/mol. The summed E-state index contributed by atoms with van der Waals surface area (Å²) in [5.74, 6) is 0.868. The Kier molecular flexibility index (Phi) is 3.83. The highest BCUT2D eigenvalue weighted by Gasteiger charge is 2.21. The molecule has 1 aliphatic rings. The molecule has 0 bridgehead atoms. The normalized spacial score (nSPS) is 23.1. The molecule has 3 nitrogen and oxygen atoms in total. The molecule has 2 atom stereocenters. The molecule has 4 heteroatoms. The Labute approximate surface area is 124 Å². The number of anilines is 2. The van der Waals surface area contributed by atoms with E-state index in [0.717, 1.165) is 27.8 Å². The fourth-order valence-electron chi connectivity index (χ4n) is 3.24. The summed E-state index contributed by atoms with van der Waals surface area (Å²) < 4.78 is 1.18. The summed E-state index contributed by atoms with van der Waals surface area (Å²) in [6.07, 6.45) is 6.52. The van der Waals surface area contributed by atoms with Gasteiger partial charge in [0.25, 0.3) is 0 Å². The molecule has 0 spiro atoms. The molecule has 0 radical (unpaired) electrons. The maximum Gasteiger partial charge on any atom is 0.0907 e. The topological polar surface area (TPSA) is 50.9 Å². The number of thiazole rings is 1. The molecule has 2 aromatic rings. The van der Waals surface area contributed by atoms with E-state index >= 15 is 0 Å². The number of aryl methyl sites for hydroxylation is 1. The van der Waals surface area contributed by atoms with Crippen LogP contribution in [0.3, 0.4) is 0 Å². The van der Waals surface area contributed by atoms with Gasteiger partial charge in [0.05, 0.1) is 26.6 Å². The summed E-state index contributed by atoms with van der Waals surface area (Å²) in [6, 6.07) is 4.74. The lowest BCUT2D eigenvalue weighted by Gasteiger charge is -2.30. The average Bonchev–Trinajstić information content (AvgIpc) is 2.78. The second-order valence-electron chi connectivity index (χ2n) is 5.92. The van der Waals surface area contributed by atoms with Crippen molar-refractivity contribution < 1.29 is 0 Å². The number of fused-ring (bicyclic) bond motifs is 1. The number of nitrogens with zero attached hydrogens (tertiary/aromatic N) is 1. The molecule has 1 aromatic carbocycles. The van der Waals surface area contributed by atoms with Gasteiger partial charge in [-0.25, -0.2) is 4.98 Å². The summed E-state index contributed by atoms with van der Waals surface area (Å²) in [5.41, 5.74) is 9.17. The standard InChI is InChI=1S/C16H23N3S/c1-3-11-5-4-6-12(7-11)19-14-9-15-16(8-13(14)17)20-10(2)18-15/h8-9,11-12,19H,3-7,17H2,1-2H3. The lowest BCUT2D eigenvalue weighted by atomic mass is 9.84. The van der Waals surface area contributed by atoms with Gasteiger partial charge in [-0.05, 0) is 37.8 Å². The van der Waals surface area contributed by atoms with Gasteiger partial charge in [0.15, 0.2) is 0 Å². The number of aromatic nitrogens is 1. The zero-order valence-electron chi connectivity index (χ0n) is 12.3. The number of benzene rings is 1. The van der Waals surface area contributed by atoms with E-state index in [-0.39, 0.29) is 0 Å². The highest BCUT2D eigenvalue weighted by molar-refractivity contribution is 7.18. The Morgan fingerprint density at radius 1 is 1.40 bits per heavy atom. The number of nitrogens with two attached hydrogens (primary N) is 1. The first-order valence-electron chi connectivity index (χ1n) is 7.59. The molecule has 1 fully saturated rings. The highest BCUT2D eigenvalue weighted by Crippen LogP contribution is 2.33. The quantitative estimate of drug-likeness (QED) is 0.814. The minimum atomic E-state index is 0.563. The molecule has 3 rings (SSSR count). The number of nitrogen functional groups attached to an aromatic ring is 1. The largest absolute Gasteiger partial charge is 0.397 e. The first-order valence-corrected chi connectivity index (χ1v) is 8.40. The molecule has 1 heterocycles. The molecule has 1 aliphatic carbocycles. The second-order valence-corrected chi connectivity index (χ2v) is 7.16. The zero-order valence-corrected chi connectivity index (χ0v) is 13.1. The zero-order chi connectivity index (χ0) is 14.1. The molecule has 20 heavy (non-hydrogen) atoms. The summed E-state index contributed by atoms with van der Waals surface area (Å²) in [4.78, 5) is 4.56. The van der Waals surface area contributed by atoms with Crippen molar-refractivity contribution >= 4 is 32.9 Å². The van der Waals surface area contributed by atoms with Crippen molar-refractivity contribution in [3.8, 4) is 0 Å². The fourth-order valence-corrected chi connectivity index (χ4v) is 4.10. The van der Waals surface area contributed by atoms with E-state index in [2.05, 4.69) is 29.4 Å². The van der Waals surface area contributed by atoms with E-state index in [9.17, 15) is 0 Å². The van der Waals surface area contributed by atoms with Crippen molar-refractivity contribution in [2.45, 2.75) is 52.0 Å². The van der Waals surface area contributed by atoms with Gasteiger partial charge >= 0.3 is 0 Å². The van der Waals surface area contributed by atoms with E-state index in [0.29, 0.717) is 6.04 Å². The molecule has 1 saturated carbocycles. The maximum atomic E-state index is 6.20. The molecule has 0 aliphatic heterocycles. The molecule has 108 valence electrons. The van der Waals surface area contributed by atoms with Crippen molar-refractivity contribution in [3.63, 3.8) is 0 Å². The smallest absolute Gasteiger partial charge is 0.0907 e. The first kappa shape index (κ1) is 13.7. The SMILES string of the molecule is CCC1CCCC(Nc2cc3nc(C)sc3cc2N)C1. The molecular weight excluding hydrogens is 266 g/mol. The summed E-state index contributed by atoms with van der Waals surface area (Å²) >= 11 is 1.71. The molecule has 0 saturated heterocycles. The van der Waals surface area contributed by atoms with Crippen LogP contribution in [0.4, 0.5) is 11.4 Å². The van der Waals surface area contributed by atoms with Crippen LogP contribution >= 0.6 is 11.3 Å². The third-order valence-electron chi connectivity index (χ3n) is 4.39. The number of hydrogen-bond donors (Lipinski definition) is 2. The van der Waals surface area contributed by atoms with Crippen LogP contribution in [-0.2, 0) is 0 Å². The van der Waals surface area contributed by atoms with Gasteiger partial charge in [-0.3, -0.25) is 0 Å². The number of nitrogens with one attached hydrogen (secondary N) is 1. The van der Waals surface area contributed by atoms with Gasteiger partial charge in [-0.1, -0.05) is 26.2 Å². The number of hydrogen-bond acceptors (Lipinski definition) is 4.